The molecular formula is C17H18FN3. The average molecular weight is 283 g/mol. The molecule has 0 spiro atoms. The quantitative estimate of drug-likeness (QED) is 0.918. The predicted octanol–water partition coefficient (Wildman–Crippen LogP) is 3.32. The van der Waals surface area contributed by atoms with Crippen LogP contribution in [-0.4, -0.2) is 12.5 Å². The van der Waals surface area contributed by atoms with Crippen LogP contribution in [-0.2, 0) is 0 Å². The number of aliphatic imine (C=N–C) groups is 1. The molecule has 0 bridgehead atoms. The minimum Gasteiger partial charge on any atom is -0.369 e. The van der Waals surface area contributed by atoms with E-state index in [0.29, 0.717) is 12.5 Å². The number of hydrogen-bond donors (Lipinski definition) is 1. The van der Waals surface area contributed by atoms with Gasteiger partial charge in [-0.2, -0.15) is 0 Å². The zero-order chi connectivity index (χ0) is 15.0. The molecule has 3 nitrogen and oxygen atoms in total. The Morgan fingerprint density at radius 1 is 1.14 bits per heavy atom. The summed E-state index contributed by atoms with van der Waals surface area (Å²) in [5.74, 6) is 0.295. The van der Waals surface area contributed by atoms with Crippen molar-refractivity contribution in [2.24, 2.45) is 10.7 Å². The van der Waals surface area contributed by atoms with Crippen LogP contribution in [0.4, 0.5) is 10.1 Å². The number of halogens is 1. The van der Waals surface area contributed by atoms with Crippen molar-refractivity contribution in [2.75, 3.05) is 11.4 Å². The molecule has 1 unspecified atom stereocenters. The molecule has 2 aromatic carbocycles. The topological polar surface area (TPSA) is 41.6 Å². The first kappa shape index (κ1) is 13.6. The number of rotatable bonds is 2. The van der Waals surface area contributed by atoms with Gasteiger partial charge in [-0.1, -0.05) is 24.3 Å². The van der Waals surface area contributed by atoms with Crippen LogP contribution >= 0.6 is 0 Å². The number of para-hydroxylation sites is 1. The number of anilines is 1. The third-order valence-electron chi connectivity index (χ3n) is 3.95. The van der Waals surface area contributed by atoms with Gasteiger partial charge in [0, 0.05) is 5.69 Å². The summed E-state index contributed by atoms with van der Waals surface area (Å²) < 4.78 is 13.3. The standard InChI is InChI=1S/C17H18FN3/c1-11-5-3-4-6-15(11)21-16(10-20-17(21)19)14-8-7-13(18)9-12(14)2/h3-9,16H,10H2,1-2H3,(H2,19,20). The highest BCUT2D eigenvalue weighted by molar-refractivity contribution is 5.98. The van der Waals surface area contributed by atoms with E-state index in [0.717, 1.165) is 22.4 Å². The van der Waals surface area contributed by atoms with Crippen LogP contribution in [0, 0.1) is 19.7 Å². The largest absolute Gasteiger partial charge is 0.369 e. The summed E-state index contributed by atoms with van der Waals surface area (Å²) in [7, 11) is 0. The van der Waals surface area contributed by atoms with E-state index in [2.05, 4.69) is 18.0 Å². The number of nitrogens with two attached hydrogens (primary N) is 1. The number of hydrogen-bond acceptors (Lipinski definition) is 3. The molecule has 0 saturated heterocycles. The molecule has 0 radical (unpaired) electrons. The van der Waals surface area contributed by atoms with E-state index in [1.54, 1.807) is 6.07 Å². The van der Waals surface area contributed by atoms with Gasteiger partial charge >= 0.3 is 0 Å². The third kappa shape index (κ3) is 2.37. The molecule has 1 heterocycles. The Morgan fingerprint density at radius 3 is 2.62 bits per heavy atom. The minimum atomic E-state index is -0.217. The molecular weight excluding hydrogens is 265 g/mol. The first-order valence-corrected chi connectivity index (χ1v) is 6.99. The van der Waals surface area contributed by atoms with Gasteiger partial charge in [-0.3, -0.25) is 4.99 Å². The van der Waals surface area contributed by atoms with E-state index in [1.165, 1.54) is 6.07 Å². The number of nitrogens with zero attached hydrogens (tertiary/aromatic N) is 2. The lowest BCUT2D eigenvalue weighted by atomic mass is 9.99. The fourth-order valence-electron chi connectivity index (χ4n) is 2.87. The van der Waals surface area contributed by atoms with E-state index in [9.17, 15) is 4.39 Å². The van der Waals surface area contributed by atoms with Gasteiger partial charge in [-0.05, 0) is 48.7 Å². The lowest BCUT2D eigenvalue weighted by Crippen LogP contribution is -2.36. The maximum Gasteiger partial charge on any atom is 0.196 e. The summed E-state index contributed by atoms with van der Waals surface area (Å²) >= 11 is 0. The fourth-order valence-corrected chi connectivity index (χ4v) is 2.87. The van der Waals surface area contributed by atoms with E-state index in [1.807, 2.05) is 36.1 Å². The van der Waals surface area contributed by atoms with Crippen molar-refractivity contribution in [1.82, 2.24) is 0 Å². The van der Waals surface area contributed by atoms with Gasteiger partial charge in [-0.15, -0.1) is 0 Å². The summed E-state index contributed by atoms with van der Waals surface area (Å²) in [5, 5.41) is 0. The summed E-state index contributed by atoms with van der Waals surface area (Å²) in [4.78, 5) is 6.42. The highest BCUT2D eigenvalue weighted by Crippen LogP contribution is 2.34. The van der Waals surface area contributed by atoms with E-state index >= 15 is 0 Å². The Kier molecular flexibility index (Phi) is 3.37. The van der Waals surface area contributed by atoms with Crippen LogP contribution in [0.2, 0.25) is 0 Å². The molecule has 1 aliphatic heterocycles. The van der Waals surface area contributed by atoms with Gasteiger partial charge in [0.15, 0.2) is 5.96 Å². The zero-order valence-electron chi connectivity index (χ0n) is 12.2. The van der Waals surface area contributed by atoms with Crippen LogP contribution in [0.15, 0.2) is 47.5 Å². The van der Waals surface area contributed by atoms with Crippen LogP contribution in [0.25, 0.3) is 0 Å². The molecule has 0 aromatic heterocycles. The van der Waals surface area contributed by atoms with Crippen LogP contribution in [0.3, 0.4) is 0 Å². The van der Waals surface area contributed by atoms with Gasteiger partial charge in [0.25, 0.3) is 0 Å². The van der Waals surface area contributed by atoms with Gasteiger partial charge in [-0.25, -0.2) is 4.39 Å². The Morgan fingerprint density at radius 2 is 1.90 bits per heavy atom. The Bertz CT molecular complexity index is 709. The van der Waals surface area contributed by atoms with Crippen LogP contribution < -0.4 is 10.6 Å². The zero-order valence-corrected chi connectivity index (χ0v) is 12.2. The molecule has 3 rings (SSSR count). The molecule has 0 amide bonds. The highest BCUT2D eigenvalue weighted by atomic mass is 19.1. The highest BCUT2D eigenvalue weighted by Gasteiger charge is 2.30. The number of guanidine groups is 1. The second-order valence-electron chi connectivity index (χ2n) is 5.37. The second-order valence-corrected chi connectivity index (χ2v) is 5.37. The van der Waals surface area contributed by atoms with Gasteiger partial charge < -0.3 is 10.6 Å². The summed E-state index contributed by atoms with van der Waals surface area (Å²) in [5.41, 5.74) is 10.3. The van der Waals surface area contributed by atoms with Crippen LogP contribution in [0.5, 0.6) is 0 Å². The maximum absolute atomic E-state index is 13.3. The van der Waals surface area contributed by atoms with Gasteiger partial charge in [0.2, 0.25) is 0 Å². The van der Waals surface area contributed by atoms with E-state index in [-0.39, 0.29) is 11.9 Å². The predicted molar refractivity (Wildman–Crippen MR) is 84.0 cm³/mol. The van der Waals surface area contributed by atoms with Gasteiger partial charge in [0.1, 0.15) is 5.82 Å². The molecule has 2 aromatic rings. The molecule has 1 aliphatic rings. The maximum atomic E-state index is 13.3. The molecule has 0 fully saturated rings. The van der Waals surface area contributed by atoms with Crippen molar-refractivity contribution < 1.29 is 4.39 Å². The Balaban J connectivity index is 2.05. The minimum absolute atomic E-state index is 0.0201. The van der Waals surface area contributed by atoms with Crippen molar-refractivity contribution in [2.45, 2.75) is 19.9 Å². The van der Waals surface area contributed by atoms with Crippen molar-refractivity contribution in [3.8, 4) is 0 Å². The lowest BCUT2D eigenvalue weighted by Gasteiger charge is -2.29. The fraction of sp³-hybridized carbons (Fsp3) is 0.235. The SMILES string of the molecule is Cc1cc(F)ccc1C1CN=C(N)N1c1ccccc1C. The smallest absolute Gasteiger partial charge is 0.196 e. The van der Waals surface area contributed by atoms with Gasteiger partial charge in [0.05, 0.1) is 12.6 Å². The monoisotopic (exact) mass is 283 g/mol. The Hall–Kier alpha value is -2.36. The molecule has 108 valence electrons. The number of benzene rings is 2. The molecule has 0 aliphatic carbocycles. The van der Waals surface area contributed by atoms with Crippen molar-refractivity contribution in [1.29, 1.82) is 0 Å². The molecule has 2 N–H and O–H groups in total. The Labute approximate surface area is 123 Å². The first-order chi connectivity index (χ1) is 10.1. The summed E-state index contributed by atoms with van der Waals surface area (Å²) in [6.45, 7) is 4.56. The average Bonchev–Trinajstić information content (AvgIpc) is 2.81. The number of aryl methyl sites for hydroxylation is 2. The molecule has 0 saturated carbocycles. The third-order valence-corrected chi connectivity index (χ3v) is 3.95. The van der Waals surface area contributed by atoms with E-state index in [4.69, 9.17) is 5.73 Å². The first-order valence-electron chi connectivity index (χ1n) is 6.99. The molecule has 21 heavy (non-hydrogen) atoms. The summed E-state index contributed by atoms with van der Waals surface area (Å²) in [6.07, 6.45) is 0. The van der Waals surface area contributed by atoms with Crippen molar-refractivity contribution in [3.05, 3.63) is 65.0 Å². The normalized spacial score (nSPS) is 18.0. The van der Waals surface area contributed by atoms with E-state index < -0.39 is 0 Å². The lowest BCUT2D eigenvalue weighted by molar-refractivity contribution is 0.623. The van der Waals surface area contributed by atoms with Crippen LogP contribution in [0.1, 0.15) is 22.7 Å². The second kappa shape index (κ2) is 5.20. The van der Waals surface area contributed by atoms with Crippen molar-refractivity contribution in [3.63, 3.8) is 0 Å². The molecule has 1 atom stereocenters. The molecule has 4 heteroatoms. The van der Waals surface area contributed by atoms with Crippen molar-refractivity contribution >= 4 is 11.6 Å². The summed E-state index contributed by atoms with van der Waals surface area (Å²) in [6, 6.07) is 13.0.